The van der Waals surface area contributed by atoms with Crippen LogP contribution in [0.15, 0.2) is 24.3 Å². The summed E-state index contributed by atoms with van der Waals surface area (Å²) in [6.07, 6.45) is 0. The predicted molar refractivity (Wildman–Crippen MR) is 60.1 cm³/mol. The van der Waals surface area contributed by atoms with Crippen LogP contribution in [0.1, 0.15) is 0 Å². The summed E-state index contributed by atoms with van der Waals surface area (Å²) in [6.45, 7) is -0.364. The zero-order valence-corrected chi connectivity index (χ0v) is 9.27. The Balaban J connectivity index is 2.01. The maximum atomic E-state index is 12.7. The fraction of sp³-hybridized carbons (Fsp3) is 0.182. The molecule has 7 heteroatoms. The van der Waals surface area contributed by atoms with Gasteiger partial charge in [0, 0.05) is 5.69 Å². The summed E-state index contributed by atoms with van der Waals surface area (Å²) in [5, 5.41) is 4.55. The van der Waals surface area contributed by atoms with E-state index >= 15 is 0 Å². The molecule has 0 aromatic heterocycles. The molecule has 0 atom stereocenters. The average molecular weight is 251 g/mol. The fourth-order valence-electron chi connectivity index (χ4n) is 1.52. The van der Waals surface area contributed by atoms with Crippen LogP contribution in [0.5, 0.6) is 0 Å². The van der Waals surface area contributed by atoms with Crippen LogP contribution >= 0.6 is 0 Å². The third-order valence-corrected chi connectivity index (χ3v) is 2.33. The highest BCUT2D eigenvalue weighted by Crippen LogP contribution is 2.09. The van der Waals surface area contributed by atoms with E-state index in [1.54, 1.807) is 0 Å². The summed E-state index contributed by atoms with van der Waals surface area (Å²) >= 11 is 0. The highest BCUT2D eigenvalue weighted by Gasteiger charge is 2.26. The highest BCUT2D eigenvalue weighted by molar-refractivity contribution is 6.04. The molecule has 0 unspecified atom stereocenters. The van der Waals surface area contributed by atoms with Crippen molar-refractivity contribution in [1.29, 1.82) is 0 Å². The molecule has 1 aliphatic heterocycles. The molecule has 1 aliphatic rings. The van der Waals surface area contributed by atoms with Crippen LogP contribution in [0.3, 0.4) is 0 Å². The predicted octanol–water partition coefficient (Wildman–Crippen LogP) is 0.316. The SMILES string of the molecule is O=C1CN(C(=O)Nc2ccc(F)cc2)CC(=O)N1. The zero-order valence-electron chi connectivity index (χ0n) is 9.27. The third-order valence-electron chi connectivity index (χ3n) is 2.33. The van der Waals surface area contributed by atoms with Crippen LogP contribution in [0, 0.1) is 5.82 Å². The second kappa shape index (κ2) is 4.82. The van der Waals surface area contributed by atoms with Gasteiger partial charge in [-0.3, -0.25) is 14.9 Å². The van der Waals surface area contributed by atoms with Crippen LogP contribution in [0.2, 0.25) is 0 Å². The van der Waals surface area contributed by atoms with Crippen molar-refractivity contribution >= 4 is 23.5 Å². The Kier molecular flexibility index (Phi) is 3.22. The van der Waals surface area contributed by atoms with Gasteiger partial charge in [0.2, 0.25) is 11.8 Å². The summed E-state index contributed by atoms with van der Waals surface area (Å²) < 4.78 is 12.7. The van der Waals surface area contributed by atoms with Crippen molar-refractivity contribution in [3.8, 4) is 0 Å². The number of rotatable bonds is 1. The van der Waals surface area contributed by atoms with Crippen molar-refractivity contribution in [1.82, 2.24) is 10.2 Å². The van der Waals surface area contributed by atoms with Gasteiger partial charge in [0.25, 0.3) is 0 Å². The number of carbonyl (C=O) groups is 3. The molecule has 2 N–H and O–H groups in total. The smallest absolute Gasteiger partial charge is 0.308 e. The normalized spacial score (nSPS) is 15.3. The van der Waals surface area contributed by atoms with Gasteiger partial charge in [-0.2, -0.15) is 0 Å². The summed E-state index contributed by atoms with van der Waals surface area (Å²) in [6, 6.07) is 4.59. The van der Waals surface area contributed by atoms with Crippen molar-refractivity contribution < 1.29 is 18.8 Å². The van der Waals surface area contributed by atoms with Crippen LogP contribution in [-0.2, 0) is 9.59 Å². The van der Waals surface area contributed by atoms with E-state index in [2.05, 4.69) is 10.6 Å². The largest absolute Gasteiger partial charge is 0.322 e. The molecule has 6 nitrogen and oxygen atoms in total. The van der Waals surface area contributed by atoms with Crippen molar-refractivity contribution in [3.05, 3.63) is 30.1 Å². The summed E-state index contributed by atoms with van der Waals surface area (Å²) in [7, 11) is 0. The van der Waals surface area contributed by atoms with Crippen LogP contribution < -0.4 is 10.6 Å². The second-order valence-electron chi connectivity index (χ2n) is 3.76. The molecule has 0 aliphatic carbocycles. The van der Waals surface area contributed by atoms with Crippen LogP contribution in [0.4, 0.5) is 14.9 Å². The molecule has 18 heavy (non-hydrogen) atoms. The molecule has 0 radical (unpaired) electrons. The number of hydrogen-bond donors (Lipinski definition) is 2. The van der Waals surface area contributed by atoms with Crippen LogP contribution in [0.25, 0.3) is 0 Å². The van der Waals surface area contributed by atoms with E-state index in [-0.39, 0.29) is 13.1 Å². The number of halogens is 1. The standard InChI is InChI=1S/C11H10FN3O3/c12-7-1-3-8(4-2-7)13-11(18)15-5-9(16)14-10(17)6-15/h1-4H,5-6H2,(H,13,18)(H,14,16,17). The number of amides is 4. The third kappa shape index (κ3) is 2.82. The van der Waals surface area contributed by atoms with Crippen molar-refractivity contribution in [3.63, 3.8) is 0 Å². The van der Waals surface area contributed by atoms with Gasteiger partial charge in [-0.25, -0.2) is 9.18 Å². The first-order valence-corrected chi connectivity index (χ1v) is 5.19. The molecule has 1 aromatic carbocycles. The molecular formula is C11H10FN3O3. The van der Waals surface area contributed by atoms with Gasteiger partial charge in [-0.1, -0.05) is 0 Å². The number of anilines is 1. The summed E-state index contributed by atoms with van der Waals surface area (Å²) in [5.41, 5.74) is 0.389. The molecule has 1 aromatic rings. The van der Waals surface area contributed by atoms with Gasteiger partial charge >= 0.3 is 6.03 Å². The maximum Gasteiger partial charge on any atom is 0.322 e. The van der Waals surface area contributed by atoms with Crippen molar-refractivity contribution in [2.24, 2.45) is 0 Å². The van der Waals surface area contributed by atoms with Crippen molar-refractivity contribution in [2.45, 2.75) is 0 Å². The first kappa shape index (κ1) is 12.0. The topological polar surface area (TPSA) is 78.5 Å². The van der Waals surface area contributed by atoms with E-state index in [0.717, 1.165) is 4.90 Å². The zero-order chi connectivity index (χ0) is 13.1. The molecule has 0 bridgehead atoms. The first-order chi connectivity index (χ1) is 8.54. The molecule has 0 saturated carbocycles. The van der Waals surface area contributed by atoms with E-state index in [4.69, 9.17) is 0 Å². The lowest BCUT2D eigenvalue weighted by Crippen LogP contribution is -2.54. The number of piperazine rings is 1. The van der Waals surface area contributed by atoms with E-state index in [1.807, 2.05) is 0 Å². The fourth-order valence-corrected chi connectivity index (χ4v) is 1.52. The Morgan fingerprint density at radius 3 is 2.28 bits per heavy atom. The monoisotopic (exact) mass is 251 g/mol. The number of nitrogens with one attached hydrogen (secondary N) is 2. The molecule has 0 spiro atoms. The van der Waals surface area contributed by atoms with Gasteiger partial charge in [-0.05, 0) is 24.3 Å². The Labute approximate surface area is 102 Å². The molecular weight excluding hydrogens is 241 g/mol. The summed E-state index contributed by atoms with van der Waals surface area (Å²) in [4.78, 5) is 35.0. The number of urea groups is 1. The van der Waals surface area contributed by atoms with E-state index in [1.165, 1.54) is 24.3 Å². The number of imide groups is 1. The maximum absolute atomic E-state index is 12.7. The number of benzene rings is 1. The second-order valence-corrected chi connectivity index (χ2v) is 3.76. The van der Waals surface area contributed by atoms with Gasteiger partial charge in [0.15, 0.2) is 0 Å². The Morgan fingerprint density at radius 1 is 1.17 bits per heavy atom. The van der Waals surface area contributed by atoms with E-state index in [0.29, 0.717) is 5.69 Å². The number of hydrogen-bond acceptors (Lipinski definition) is 3. The van der Waals surface area contributed by atoms with Crippen molar-refractivity contribution in [2.75, 3.05) is 18.4 Å². The highest BCUT2D eigenvalue weighted by atomic mass is 19.1. The first-order valence-electron chi connectivity index (χ1n) is 5.19. The van der Waals surface area contributed by atoms with Gasteiger partial charge in [-0.15, -0.1) is 0 Å². The number of carbonyl (C=O) groups excluding carboxylic acids is 3. The Hall–Kier alpha value is -2.44. The molecule has 1 saturated heterocycles. The minimum absolute atomic E-state index is 0.182. The van der Waals surface area contributed by atoms with E-state index in [9.17, 15) is 18.8 Å². The summed E-state index contributed by atoms with van der Waals surface area (Å²) in [5.74, 6) is -1.47. The Bertz CT molecular complexity index is 485. The molecule has 4 amide bonds. The quantitative estimate of drug-likeness (QED) is 0.705. The minimum Gasteiger partial charge on any atom is -0.308 e. The average Bonchev–Trinajstić information content (AvgIpc) is 2.31. The molecule has 1 heterocycles. The molecule has 2 rings (SSSR count). The Morgan fingerprint density at radius 2 is 1.72 bits per heavy atom. The van der Waals surface area contributed by atoms with Crippen LogP contribution in [-0.4, -0.2) is 35.8 Å². The van der Waals surface area contributed by atoms with Gasteiger partial charge in [0.1, 0.15) is 18.9 Å². The lowest BCUT2D eigenvalue weighted by molar-refractivity contribution is -0.134. The molecule has 1 fully saturated rings. The molecule has 94 valence electrons. The lowest BCUT2D eigenvalue weighted by atomic mass is 10.3. The minimum atomic E-state index is -0.579. The van der Waals surface area contributed by atoms with Gasteiger partial charge in [0.05, 0.1) is 0 Å². The number of nitrogens with zero attached hydrogens (tertiary/aromatic N) is 1. The lowest BCUT2D eigenvalue weighted by Gasteiger charge is -2.25. The van der Waals surface area contributed by atoms with E-state index < -0.39 is 23.7 Å². The van der Waals surface area contributed by atoms with Gasteiger partial charge < -0.3 is 10.2 Å².